The smallest absolute Gasteiger partial charge is 0.189 e. The van der Waals surface area contributed by atoms with Crippen LogP contribution in [-0.2, 0) is 22.3 Å². The first-order valence-corrected chi connectivity index (χ1v) is 8.82. The maximum atomic E-state index is 5.70. The Labute approximate surface area is 150 Å². The third-order valence-corrected chi connectivity index (χ3v) is 3.88. The molecule has 2 aromatic carbocycles. The van der Waals surface area contributed by atoms with Gasteiger partial charge in [-0.15, -0.1) is 0 Å². The van der Waals surface area contributed by atoms with E-state index in [-0.39, 0.29) is 6.79 Å². The number of aryl methyl sites for hydroxylation is 2. The van der Waals surface area contributed by atoms with E-state index in [0.29, 0.717) is 13.4 Å². The Bertz CT molecular complexity index is 612. The normalized spacial score (nSPS) is 10.6. The molecule has 4 heteroatoms. The molecule has 0 atom stereocenters. The first-order chi connectivity index (χ1) is 12.3. The van der Waals surface area contributed by atoms with Crippen LogP contribution in [0.3, 0.4) is 0 Å². The van der Waals surface area contributed by atoms with Crippen LogP contribution in [-0.4, -0.2) is 27.3 Å². The number of benzene rings is 2. The molecule has 0 fully saturated rings. The van der Waals surface area contributed by atoms with Crippen LogP contribution in [0.2, 0.25) is 0 Å². The summed E-state index contributed by atoms with van der Waals surface area (Å²) in [6, 6.07) is 16.4. The number of methoxy groups -OCH3 is 1. The predicted octanol–water partition coefficient (Wildman–Crippen LogP) is 4.61. The molecular weight excluding hydrogens is 316 g/mol. The molecule has 4 nitrogen and oxygen atoms in total. The maximum Gasteiger partial charge on any atom is 0.189 e. The summed E-state index contributed by atoms with van der Waals surface area (Å²) in [5.41, 5.74) is 2.52. The van der Waals surface area contributed by atoms with Crippen LogP contribution in [0.25, 0.3) is 0 Å². The van der Waals surface area contributed by atoms with Crippen molar-refractivity contribution in [3.05, 3.63) is 59.7 Å². The van der Waals surface area contributed by atoms with E-state index >= 15 is 0 Å². The van der Waals surface area contributed by atoms with Gasteiger partial charge in [0.25, 0.3) is 0 Å². The highest BCUT2D eigenvalue weighted by molar-refractivity contribution is 5.33. The molecule has 0 aliphatic heterocycles. The Hall–Kier alpha value is -2.04. The zero-order valence-electron chi connectivity index (χ0n) is 15.2. The van der Waals surface area contributed by atoms with Crippen molar-refractivity contribution in [3.8, 4) is 11.5 Å². The van der Waals surface area contributed by atoms with E-state index in [9.17, 15) is 0 Å². The SMILES string of the molecule is CCOCOc1ccccc1CCCCc1cccc(OCOC)c1. The van der Waals surface area contributed by atoms with Gasteiger partial charge in [0, 0.05) is 13.7 Å². The molecule has 0 aliphatic carbocycles. The van der Waals surface area contributed by atoms with Crippen LogP contribution >= 0.6 is 0 Å². The van der Waals surface area contributed by atoms with Crippen molar-refractivity contribution in [2.45, 2.75) is 32.6 Å². The fraction of sp³-hybridized carbons (Fsp3) is 0.429. The molecule has 0 bridgehead atoms. The molecule has 136 valence electrons. The molecule has 0 aliphatic rings. The number of para-hydroxylation sites is 1. The number of hydrogen-bond acceptors (Lipinski definition) is 4. The number of rotatable bonds is 12. The Morgan fingerprint density at radius 2 is 1.68 bits per heavy atom. The molecule has 0 amide bonds. The van der Waals surface area contributed by atoms with Gasteiger partial charge in [0.2, 0.25) is 0 Å². The topological polar surface area (TPSA) is 36.9 Å². The average Bonchev–Trinajstić information content (AvgIpc) is 2.65. The van der Waals surface area contributed by atoms with Crippen molar-refractivity contribution in [2.75, 3.05) is 27.3 Å². The summed E-state index contributed by atoms with van der Waals surface area (Å²) in [5, 5.41) is 0. The minimum Gasteiger partial charge on any atom is -0.468 e. The predicted molar refractivity (Wildman–Crippen MR) is 99.2 cm³/mol. The average molecular weight is 344 g/mol. The minimum atomic E-state index is 0.280. The van der Waals surface area contributed by atoms with Gasteiger partial charge in [-0.05, 0) is 61.9 Å². The second kappa shape index (κ2) is 11.5. The summed E-state index contributed by atoms with van der Waals surface area (Å²) < 4.78 is 21.4. The van der Waals surface area contributed by atoms with E-state index in [1.807, 2.05) is 31.2 Å². The zero-order chi connectivity index (χ0) is 17.7. The van der Waals surface area contributed by atoms with Gasteiger partial charge in [0.1, 0.15) is 11.5 Å². The molecule has 0 spiro atoms. The van der Waals surface area contributed by atoms with E-state index in [0.717, 1.165) is 37.2 Å². The first-order valence-electron chi connectivity index (χ1n) is 8.82. The van der Waals surface area contributed by atoms with Crippen LogP contribution < -0.4 is 9.47 Å². The van der Waals surface area contributed by atoms with Gasteiger partial charge in [-0.25, -0.2) is 0 Å². The largest absolute Gasteiger partial charge is 0.468 e. The van der Waals surface area contributed by atoms with Gasteiger partial charge in [0.05, 0.1) is 0 Å². The molecule has 2 aromatic rings. The number of hydrogen-bond donors (Lipinski definition) is 0. The third-order valence-electron chi connectivity index (χ3n) is 3.88. The van der Waals surface area contributed by atoms with Crippen molar-refractivity contribution in [2.24, 2.45) is 0 Å². The lowest BCUT2D eigenvalue weighted by atomic mass is 10.0. The van der Waals surface area contributed by atoms with Gasteiger partial charge < -0.3 is 18.9 Å². The molecule has 0 saturated heterocycles. The Morgan fingerprint density at radius 1 is 0.840 bits per heavy atom. The molecule has 0 aromatic heterocycles. The third kappa shape index (κ3) is 7.16. The molecule has 0 saturated carbocycles. The standard InChI is InChI=1S/C21H28O4/c1-3-23-17-25-21-14-7-6-12-19(21)11-5-4-9-18-10-8-13-20(15-18)24-16-22-2/h6-8,10,12-15H,3-5,9,11,16-17H2,1-2H3. The van der Waals surface area contributed by atoms with Crippen molar-refractivity contribution < 1.29 is 18.9 Å². The van der Waals surface area contributed by atoms with Crippen LogP contribution in [0.15, 0.2) is 48.5 Å². The fourth-order valence-electron chi connectivity index (χ4n) is 2.60. The quantitative estimate of drug-likeness (QED) is 0.416. The van der Waals surface area contributed by atoms with E-state index in [1.165, 1.54) is 11.1 Å². The van der Waals surface area contributed by atoms with Gasteiger partial charge in [-0.2, -0.15) is 0 Å². The van der Waals surface area contributed by atoms with Gasteiger partial charge in [-0.3, -0.25) is 0 Å². The second-order valence-electron chi connectivity index (χ2n) is 5.77. The van der Waals surface area contributed by atoms with E-state index < -0.39 is 0 Å². The van der Waals surface area contributed by atoms with Crippen molar-refractivity contribution in [1.29, 1.82) is 0 Å². The summed E-state index contributed by atoms with van der Waals surface area (Å²) in [7, 11) is 1.62. The molecule has 0 N–H and O–H groups in total. The Morgan fingerprint density at radius 3 is 2.52 bits per heavy atom. The van der Waals surface area contributed by atoms with E-state index in [4.69, 9.17) is 18.9 Å². The second-order valence-corrected chi connectivity index (χ2v) is 5.77. The lowest BCUT2D eigenvalue weighted by molar-refractivity contribution is 0.0218. The highest BCUT2D eigenvalue weighted by Crippen LogP contribution is 2.21. The Kier molecular flexibility index (Phi) is 8.87. The van der Waals surface area contributed by atoms with Crippen molar-refractivity contribution >= 4 is 0 Å². The van der Waals surface area contributed by atoms with Gasteiger partial charge in [-0.1, -0.05) is 30.3 Å². The highest BCUT2D eigenvalue weighted by atomic mass is 16.7. The molecular formula is C21H28O4. The monoisotopic (exact) mass is 344 g/mol. The lowest BCUT2D eigenvalue weighted by Gasteiger charge is -2.11. The van der Waals surface area contributed by atoms with Crippen molar-refractivity contribution in [3.63, 3.8) is 0 Å². The van der Waals surface area contributed by atoms with Crippen LogP contribution in [0.4, 0.5) is 0 Å². The summed E-state index contributed by atoms with van der Waals surface area (Å²) in [5.74, 6) is 1.78. The molecule has 2 rings (SSSR count). The number of ether oxygens (including phenoxy) is 4. The van der Waals surface area contributed by atoms with Gasteiger partial charge >= 0.3 is 0 Å². The Balaban J connectivity index is 1.77. The van der Waals surface area contributed by atoms with Gasteiger partial charge in [0.15, 0.2) is 13.6 Å². The molecule has 0 heterocycles. The zero-order valence-corrected chi connectivity index (χ0v) is 15.2. The van der Waals surface area contributed by atoms with Crippen LogP contribution in [0, 0.1) is 0 Å². The van der Waals surface area contributed by atoms with E-state index in [1.54, 1.807) is 7.11 Å². The first kappa shape index (κ1) is 19.3. The fourth-order valence-corrected chi connectivity index (χ4v) is 2.60. The summed E-state index contributed by atoms with van der Waals surface area (Å²) in [4.78, 5) is 0. The number of unbranched alkanes of at least 4 members (excludes halogenated alkanes) is 1. The molecule has 0 unspecified atom stereocenters. The maximum absolute atomic E-state index is 5.70. The van der Waals surface area contributed by atoms with Crippen molar-refractivity contribution in [1.82, 2.24) is 0 Å². The molecule has 25 heavy (non-hydrogen) atoms. The van der Waals surface area contributed by atoms with Crippen LogP contribution in [0.5, 0.6) is 11.5 Å². The highest BCUT2D eigenvalue weighted by Gasteiger charge is 2.04. The lowest BCUT2D eigenvalue weighted by Crippen LogP contribution is -2.04. The summed E-state index contributed by atoms with van der Waals surface area (Å²) in [6.45, 7) is 3.21. The van der Waals surface area contributed by atoms with E-state index in [2.05, 4.69) is 24.3 Å². The summed E-state index contributed by atoms with van der Waals surface area (Å²) in [6.07, 6.45) is 4.26. The minimum absolute atomic E-state index is 0.280. The summed E-state index contributed by atoms with van der Waals surface area (Å²) >= 11 is 0. The van der Waals surface area contributed by atoms with Crippen LogP contribution in [0.1, 0.15) is 30.9 Å². The molecule has 0 radical (unpaired) electrons.